The van der Waals surface area contributed by atoms with Gasteiger partial charge in [0.05, 0.1) is 24.2 Å². The van der Waals surface area contributed by atoms with Crippen LogP contribution in [0, 0.1) is 41.9 Å². The number of nitrogens with one attached hydrogen (secondary N) is 2. The number of rotatable bonds is 6. The van der Waals surface area contributed by atoms with Crippen LogP contribution in [0.15, 0.2) is 12.1 Å². The van der Waals surface area contributed by atoms with Crippen molar-refractivity contribution in [2.45, 2.75) is 51.2 Å². The number of nitriles is 2. The first-order valence-electron chi connectivity index (χ1n) is 8.85. The second kappa shape index (κ2) is 8.54. The maximum Gasteiger partial charge on any atom is 0.238 e. The van der Waals surface area contributed by atoms with Gasteiger partial charge in [-0.1, -0.05) is 5.92 Å². The van der Waals surface area contributed by atoms with Crippen LogP contribution in [0.4, 0.5) is 5.82 Å². The number of aromatic nitrogens is 1. The number of pyridine rings is 1. The molecule has 7 heteroatoms. The van der Waals surface area contributed by atoms with E-state index in [0.717, 1.165) is 5.69 Å². The molecular weight excluding hydrogens is 340 g/mol. The van der Waals surface area contributed by atoms with Gasteiger partial charge in [-0.3, -0.25) is 4.79 Å². The zero-order valence-corrected chi connectivity index (χ0v) is 15.9. The largest absolute Gasteiger partial charge is 0.367 e. The van der Waals surface area contributed by atoms with E-state index in [1.54, 1.807) is 12.1 Å². The molecule has 0 saturated carbocycles. The minimum atomic E-state index is -0.462. The maximum absolute atomic E-state index is 12.6. The molecule has 2 atom stereocenters. The van der Waals surface area contributed by atoms with Crippen LogP contribution < -0.4 is 10.6 Å². The second-order valence-electron chi connectivity index (χ2n) is 7.26. The zero-order chi connectivity index (χ0) is 20.0. The van der Waals surface area contributed by atoms with Crippen LogP contribution in [0.3, 0.4) is 0 Å². The number of carbonyl (C=O) groups excluding carboxylic acids is 1. The van der Waals surface area contributed by atoms with Gasteiger partial charge in [0.15, 0.2) is 0 Å². The lowest BCUT2D eigenvalue weighted by molar-refractivity contribution is -0.131. The number of terminal acetylenes is 1. The first-order chi connectivity index (χ1) is 12.8. The molecule has 1 aliphatic heterocycles. The Morgan fingerprint density at radius 1 is 1.37 bits per heavy atom. The summed E-state index contributed by atoms with van der Waals surface area (Å²) in [5, 5.41) is 24.8. The Bertz CT molecular complexity index is 804. The molecule has 1 amide bonds. The monoisotopic (exact) mass is 364 g/mol. The number of carbonyl (C=O) groups is 1. The van der Waals surface area contributed by atoms with Crippen molar-refractivity contribution in [3.8, 4) is 24.5 Å². The second-order valence-corrected chi connectivity index (χ2v) is 7.26. The molecule has 0 spiro atoms. The van der Waals surface area contributed by atoms with Gasteiger partial charge in [-0.05, 0) is 45.7 Å². The highest BCUT2D eigenvalue weighted by atomic mass is 16.2. The minimum Gasteiger partial charge on any atom is -0.367 e. The molecule has 0 bridgehead atoms. The Labute approximate surface area is 160 Å². The molecule has 2 heterocycles. The molecule has 2 N–H and O–H groups in total. The van der Waals surface area contributed by atoms with E-state index in [9.17, 15) is 15.3 Å². The predicted molar refractivity (Wildman–Crippen MR) is 102 cm³/mol. The average Bonchev–Trinajstić information content (AvgIpc) is 3.08. The summed E-state index contributed by atoms with van der Waals surface area (Å²) >= 11 is 0. The Balaban J connectivity index is 1.96. The van der Waals surface area contributed by atoms with Gasteiger partial charge in [-0.25, -0.2) is 4.98 Å². The molecule has 1 aromatic rings. The summed E-state index contributed by atoms with van der Waals surface area (Å²) in [5.74, 6) is 2.94. The number of anilines is 1. The smallest absolute Gasteiger partial charge is 0.238 e. The van der Waals surface area contributed by atoms with Gasteiger partial charge in [0.25, 0.3) is 0 Å². The summed E-state index contributed by atoms with van der Waals surface area (Å²) in [4.78, 5) is 18.4. The number of nitrogens with zero attached hydrogens (tertiary/aromatic N) is 4. The summed E-state index contributed by atoms with van der Waals surface area (Å²) in [7, 11) is 0. The van der Waals surface area contributed by atoms with Gasteiger partial charge in [0, 0.05) is 17.8 Å². The molecule has 0 aromatic carbocycles. The molecular formula is C20H24N6O. The van der Waals surface area contributed by atoms with Crippen LogP contribution in [0.25, 0.3) is 0 Å². The highest BCUT2D eigenvalue weighted by Crippen LogP contribution is 2.23. The Hall–Kier alpha value is -3.08. The molecule has 1 aromatic heterocycles. The van der Waals surface area contributed by atoms with E-state index in [4.69, 9.17) is 6.42 Å². The molecule has 140 valence electrons. The lowest BCUT2D eigenvalue weighted by Gasteiger charge is -2.30. The van der Waals surface area contributed by atoms with Gasteiger partial charge < -0.3 is 15.5 Å². The van der Waals surface area contributed by atoms with Crippen LogP contribution >= 0.6 is 0 Å². The fraction of sp³-hybridized carbons (Fsp3) is 0.500. The highest BCUT2D eigenvalue weighted by Gasteiger charge is 2.36. The number of likely N-dealkylation sites (tertiary alicyclic amines) is 1. The van der Waals surface area contributed by atoms with E-state index in [1.165, 1.54) is 4.90 Å². The van der Waals surface area contributed by atoms with Gasteiger partial charge in [0.1, 0.15) is 17.9 Å². The lowest BCUT2D eigenvalue weighted by atomic mass is 10.1. The Morgan fingerprint density at radius 2 is 2.07 bits per heavy atom. The van der Waals surface area contributed by atoms with Crippen molar-refractivity contribution >= 4 is 11.7 Å². The van der Waals surface area contributed by atoms with E-state index in [0.29, 0.717) is 30.8 Å². The van der Waals surface area contributed by atoms with Crippen molar-refractivity contribution in [2.24, 2.45) is 0 Å². The van der Waals surface area contributed by atoms with Crippen molar-refractivity contribution in [1.29, 1.82) is 10.5 Å². The Kier molecular flexibility index (Phi) is 6.40. The molecule has 1 aliphatic rings. The van der Waals surface area contributed by atoms with Crippen molar-refractivity contribution < 1.29 is 4.79 Å². The number of hydrogen-bond acceptors (Lipinski definition) is 6. The quantitative estimate of drug-likeness (QED) is 0.742. The maximum atomic E-state index is 12.6. The SMILES string of the molecule is C#C[C@H]1CC[C@@H](C#N)N1C(=O)CNC(C)(C)CNc1nc(C)ccc1C#N. The van der Waals surface area contributed by atoms with E-state index >= 15 is 0 Å². The van der Waals surface area contributed by atoms with E-state index < -0.39 is 11.6 Å². The van der Waals surface area contributed by atoms with Crippen molar-refractivity contribution in [3.05, 3.63) is 23.4 Å². The molecule has 1 fully saturated rings. The molecule has 0 aliphatic carbocycles. The number of hydrogen-bond donors (Lipinski definition) is 2. The number of aryl methyl sites for hydroxylation is 1. The summed E-state index contributed by atoms with van der Waals surface area (Å²) in [5.41, 5.74) is 0.842. The van der Waals surface area contributed by atoms with Crippen LogP contribution in [-0.2, 0) is 4.79 Å². The zero-order valence-electron chi connectivity index (χ0n) is 15.9. The fourth-order valence-electron chi connectivity index (χ4n) is 3.00. The van der Waals surface area contributed by atoms with Crippen LogP contribution in [0.1, 0.15) is 37.9 Å². The third kappa shape index (κ3) is 4.97. The van der Waals surface area contributed by atoms with Gasteiger partial charge >= 0.3 is 0 Å². The standard InChI is InChI=1S/C20H24N6O/c1-5-16-8-9-17(11-22)26(16)18(27)12-24-20(3,4)13-23-19-15(10-21)7-6-14(2)25-19/h1,6-7,16-17,24H,8-9,12-13H2,2-4H3,(H,23,25)/t16-,17-/m0/s1. The average molecular weight is 364 g/mol. The summed E-state index contributed by atoms with van der Waals surface area (Å²) < 4.78 is 0. The molecule has 2 rings (SSSR count). The summed E-state index contributed by atoms with van der Waals surface area (Å²) in [6, 6.07) is 7.00. The first kappa shape index (κ1) is 20.2. The fourth-order valence-corrected chi connectivity index (χ4v) is 3.00. The van der Waals surface area contributed by atoms with Gasteiger partial charge in [-0.15, -0.1) is 6.42 Å². The van der Waals surface area contributed by atoms with Crippen LogP contribution in [-0.4, -0.2) is 46.5 Å². The lowest BCUT2D eigenvalue weighted by Crippen LogP contribution is -2.52. The van der Waals surface area contributed by atoms with Gasteiger partial charge in [-0.2, -0.15) is 10.5 Å². The van der Waals surface area contributed by atoms with Crippen molar-refractivity contribution in [3.63, 3.8) is 0 Å². The normalized spacial score (nSPS) is 19.0. The predicted octanol–water partition coefficient (Wildman–Crippen LogP) is 1.56. The third-order valence-corrected chi connectivity index (χ3v) is 4.59. The molecule has 0 unspecified atom stereocenters. The number of amides is 1. The molecule has 0 radical (unpaired) electrons. The van der Waals surface area contributed by atoms with Crippen molar-refractivity contribution in [1.82, 2.24) is 15.2 Å². The van der Waals surface area contributed by atoms with E-state index in [1.807, 2.05) is 20.8 Å². The highest BCUT2D eigenvalue weighted by molar-refractivity contribution is 5.80. The Morgan fingerprint density at radius 3 is 2.70 bits per heavy atom. The van der Waals surface area contributed by atoms with Crippen molar-refractivity contribution in [2.75, 3.05) is 18.4 Å². The van der Waals surface area contributed by atoms with E-state index in [2.05, 4.69) is 33.7 Å². The van der Waals surface area contributed by atoms with Crippen LogP contribution in [0.5, 0.6) is 0 Å². The topological polar surface area (TPSA) is 105 Å². The molecule has 7 nitrogen and oxygen atoms in total. The summed E-state index contributed by atoms with van der Waals surface area (Å²) in [6.45, 7) is 6.29. The third-order valence-electron chi connectivity index (χ3n) is 4.59. The molecule has 1 saturated heterocycles. The minimum absolute atomic E-state index is 0.0807. The summed E-state index contributed by atoms with van der Waals surface area (Å²) in [6.07, 6.45) is 6.76. The molecule has 27 heavy (non-hydrogen) atoms. The van der Waals surface area contributed by atoms with Gasteiger partial charge in [0.2, 0.25) is 5.91 Å². The van der Waals surface area contributed by atoms with Crippen LogP contribution in [0.2, 0.25) is 0 Å². The van der Waals surface area contributed by atoms with E-state index in [-0.39, 0.29) is 18.5 Å². The first-order valence-corrected chi connectivity index (χ1v) is 8.85.